The molecule has 0 radical (unpaired) electrons. The highest BCUT2D eigenvalue weighted by Crippen LogP contribution is 2.26. The van der Waals surface area contributed by atoms with E-state index in [0.717, 1.165) is 53.0 Å². The van der Waals surface area contributed by atoms with Crippen LogP contribution in [0.2, 0.25) is 0 Å². The van der Waals surface area contributed by atoms with Crippen molar-refractivity contribution in [3.8, 4) is 6.07 Å². The average molecular weight is 473 g/mol. The molecule has 2 aromatic rings. The number of halogens is 1. The van der Waals surface area contributed by atoms with Gasteiger partial charge >= 0.3 is 6.03 Å². The van der Waals surface area contributed by atoms with E-state index < -0.39 is 0 Å². The summed E-state index contributed by atoms with van der Waals surface area (Å²) in [6, 6.07) is 12.0. The third-order valence-corrected chi connectivity index (χ3v) is 5.94. The molecule has 2 aliphatic heterocycles. The molecule has 1 aromatic heterocycles. The van der Waals surface area contributed by atoms with Crippen molar-refractivity contribution in [3.63, 3.8) is 0 Å². The number of nitrogens with one attached hydrogen (secondary N) is 1. The summed E-state index contributed by atoms with van der Waals surface area (Å²) >= 11 is 2.26. The van der Waals surface area contributed by atoms with Crippen molar-refractivity contribution in [3.05, 3.63) is 51.2 Å². The normalized spacial score (nSPS) is 17.7. The van der Waals surface area contributed by atoms with Crippen LogP contribution in [-0.4, -0.2) is 41.6 Å². The number of urea groups is 1. The van der Waals surface area contributed by atoms with Crippen molar-refractivity contribution in [1.82, 2.24) is 9.88 Å². The first kappa shape index (κ1) is 18.0. The van der Waals surface area contributed by atoms with E-state index >= 15 is 0 Å². The summed E-state index contributed by atoms with van der Waals surface area (Å²) in [5.41, 5.74) is 2.49. The van der Waals surface area contributed by atoms with E-state index in [2.05, 4.69) is 56.0 Å². The van der Waals surface area contributed by atoms with E-state index in [1.165, 1.54) is 0 Å². The van der Waals surface area contributed by atoms with Gasteiger partial charge in [-0.2, -0.15) is 5.26 Å². The van der Waals surface area contributed by atoms with Crippen LogP contribution >= 0.6 is 22.6 Å². The van der Waals surface area contributed by atoms with Crippen molar-refractivity contribution in [2.75, 3.05) is 29.9 Å². The van der Waals surface area contributed by atoms with Gasteiger partial charge in [-0.3, -0.25) is 0 Å². The molecular weight excluding hydrogens is 453 g/mol. The maximum absolute atomic E-state index is 12.7. The predicted octanol–water partition coefficient (Wildman–Crippen LogP) is 3.62. The number of rotatable bonds is 2. The number of nitriles is 1. The first-order chi connectivity index (χ1) is 13.1. The number of pyridine rings is 1. The molecule has 1 N–H and O–H groups in total. The molecule has 138 valence electrons. The molecule has 3 heterocycles. The molecule has 6 nitrogen and oxygen atoms in total. The maximum Gasteiger partial charge on any atom is 0.322 e. The molecular formula is C20H20IN5O. The predicted molar refractivity (Wildman–Crippen MR) is 113 cm³/mol. The fraction of sp³-hybridized carbons (Fsp3) is 0.350. The molecule has 1 aromatic carbocycles. The van der Waals surface area contributed by atoms with Crippen molar-refractivity contribution in [2.24, 2.45) is 0 Å². The Morgan fingerprint density at radius 3 is 2.70 bits per heavy atom. The summed E-state index contributed by atoms with van der Waals surface area (Å²) in [6.07, 6.45) is 4.52. The number of hydrogen-bond acceptors (Lipinski definition) is 4. The molecule has 7 heteroatoms. The lowest BCUT2D eigenvalue weighted by Crippen LogP contribution is -2.49. The Labute approximate surface area is 172 Å². The van der Waals surface area contributed by atoms with Gasteiger partial charge in [-0.25, -0.2) is 9.78 Å². The van der Waals surface area contributed by atoms with Gasteiger partial charge in [-0.05, 0) is 77.7 Å². The summed E-state index contributed by atoms with van der Waals surface area (Å²) in [5, 5.41) is 12.1. The molecule has 0 bridgehead atoms. The second-order valence-corrected chi connectivity index (χ2v) is 8.16. The number of carbonyl (C=O) groups excluding carboxylic acids is 1. The van der Waals surface area contributed by atoms with Crippen LogP contribution in [0.25, 0.3) is 0 Å². The highest BCUT2D eigenvalue weighted by Gasteiger charge is 2.30. The molecule has 1 fully saturated rings. The van der Waals surface area contributed by atoms with Gasteiger partial charge in [0, 0.05) is 41.1 Å². The number of anilines is 2. The van der Waals surface area contributed by atoms with Crippen LogP contribution < -0.4 is 10.2 Å². The van der Waals surface area contributed by atoms with Crippen LogP contribution in [0.3, 0.4) is 0 Å². The molecule has 4 rings (SSSR count). The zero-order valence-electron chi connectivity index (χ0n) is 14.9. The zero-order chi connectivity index (χ0) is 18.8. The first-order valence-corrected chi connectivity index (χ1v) is 10.2. The molecule has 27 heavy (non-hydrogen) atoms. The molecule has 2 aliphatic rings. The Morgan fingerprint density at radius 2 is 2.00 bits per heavy atom. The highest BCUT2D eigenvalue weighted by atomic mass is 127. The third-order valence-electron chi connectivity index (χ3n) is 5.30. The van der Waals surface area contributed by atoms with Crippen molar-refractivity contribution in [2.45, 2.75) is 25.3 Å². The Morgan fingerprint density at radius 1 is 1.19 bits per heavy atom. The van der Waals surface area contributed by atoms with Crippen LogP contribution in [0.15, 0.2) is 36.5 Å². The van der Waals surface area contributed by atoms with Crippen molar-refractivity contribution >= 4 is 40.1 Å². The van der Waals surface area contributed by atoms with E-state index in [0.29, 0.717) is 12.1 Å². The number of amides is 2. The van der Waals surface area contributed by atoms with E-state index in [9.17, 15) is 4.79 Å². The van der Waals surface area contributed by atoms with Crippen LogP contribution in [0.1, 0.15) is 24.0 Å². The lowest BCUT2D eigenvalue weighted by molar-refractivity contribution is 0.177. The van der Waals surface area contributed by atoms with Crippen LogP contribution in [0.5, 0.6) is 0 Å². The van der Waals surface area contributed by atoms with Gasteiger partial charge in [-0.1, -0.05) is 0 Å². The number of aromatic nitrogens is 1. The lowest BCUT2D eigenvalue weighted by atomic mass is 10.0. The first-order valence-electron chi connectivity index (χ1n) is 9.11. The number of fused-ring (bicyclic) bond motifs is 1. The standard InChI is InChI=1S/C20H20IN5O/c21-16-2-4-19(23-13-16)25-8-6-17(7-9-25)26-10-5-15-11-14(12-22)1-3-18(15)24-20(26)27/h1-4,11,13,17H,5-10H2,(H,24,27). The van der Waals surface area contributed by atoms with Gasteiger partial charge in [0.25, 0.3) is 0 Å². The monoisotopic (exact) mass is 473 g/mol. The highest BCUT2D eigenvalue weighted by molar-refractivity contribution is 14.1. The van der Waals surface area contributed by atoms with Crippen molar-refractivity contribution < 1.29 is 4.79 Å². The fourth-order valence-corrected chi connectivity index (χ4v) is 4.15. The number of benzene rings is 1. The zero-order valence-corrected chi connectivity index (χ0v) is 17.0. The summed E-state index contributed by atoms with van der Waals surface area (Å²) < 4.78 is 1.13. The van der Waals surface area contributed by atoms with E-state index in [4.69, 9.17) is 5.26 Å². The number of nitrogens with zero attached hydrogens (tertiary/aromatic N) is 4. The summed E-state index contributed by atoms with van der Waals surface area (Å²) in [4.78, 5) is 21.5. The van der Waals surface area contributed by atoms with Gasteiger partial charge in [0.05, 0.1) is 11.6 Å². The minimum absolute atomic E-state index is 0.0377. The molecule has 0 unspecified atom stereocenters. The molecule has 0 spiro atoms. The van der Waals surface area contributed by atoms with Gasteiger partial charge < -0.3 is 15.1 Å². The van der Waals surface area contributed by atoms with Gasteiger partial charge in [0.1, 0.15) is 5.82 Å². The van der Waals surface area contributed by atoms with Gasteiger partial charge in [0.15, 0.2) is 0 Å². The van der Waals surface area contributed by atoms with Crippen molar-refractivity contribution in [1.29, 1.82) is 5.26 Å². The topological polar surface area (TPSA) is 72.3 Å². The quantitative estimate of drug-likeness (QED) is 0.677. The van der Waals surface area contributed by atoms with Crippen LogP contribution in [0, 0.1) is 14.9 Å². The Hall–Kier alpha value is -2.34. The second-order valence-electron chi connectivity index (χ2n) is 6.91. The van der Waals surface area contributed by atoms with E-state index in [1.54, 1.807) is 6.07 Å². The Bertz CT molecular complexity index is 884. The molecule has 1 saturated heterocycles. The van der Waals surface area contributed by atoms with Gasteiger partial charge in [0.2, 0.25) is 0 Å². The Balaban J connectivity index is 1.42. The van der Waals surface area contributed by atoms with Crippen LogP contribution in [0.4, 0.5) is 16.3 Å². The minimum atomic E-state index is -0.0377. The Kier molecular flexibility index (Phi) is 5.16. The minimum Gasteiger partial charge on any atom is -0.356 e. The van der Waals surface area contributed by atoms with Crippen LogP contribution in [-0.2, 0) is 6.42 Å². The summed E-state index contributed by atoms with van der Waals surface area (Å²) in [5.74, 6) is 1.01. The molecule has 0 atom stereocenters. The largest absolute Gasteiger partial charge is 0.356 e. The lowest BCUT2D eigenvalue weighted by Gasteiger charge is -2.38. The SMILES string of the molecule is N#Cc1ccc2c(c1)CCN(C1CCN(c3ccc(I)cn3)CC1)C(=O)N2. The number of piperidine rings is 1. The van der Waals surface area contributed by atoms with E-state index in [1.807, 2.05) is 23.2 Å². The average Bonchev–Trinajstić information content (AvgIpc) is 2.86. The fourth-order valence-electron chi connectivity index (χ4n) is 3.83. The number of hydrogen-bond donors (Lipinski definition) is 1. The summed E-state index contributed by atoms with van der Waals surface area (Å²) in [6.45, 7) is 2.47. The van der Waals surface area contributed by atoms with E-state index in [-0.39, 0.29) is 12.1 Å². The summed E-state index contributed by atoms with van der Waals surface area (Å²) in [7, 11) is 0. The molecule has 0 saturated carbocycles. The van der Waals surface area contributed by atoms with Gasteiger partial charge in [-0.15, -0.1) is 0 Å². The third kappa shape index (κ3) is 3.86. The second kappa shape index (κ2) is 7.72. The smallest absolute Gasteiger partial charge is 0.322 e. The maximum atomic E-state index is 12.7. The number of carbonyl (C=O) groups is 1. The molecule has 0 aliphatic carbocycles. The molecule has 2 amide bonds.